The van der Waals surface area contributed by atoms with Crippen molar-refractivity contribution in [3.05, 3.63) is 47.5 Å². The number of pyridine rings is 1. The lowest BCUT2D eigenvalue weighted by atomic mass is 10.1. The average Bonchev–Trinajstić information content (AvgIpc) is 3.06. The molecule has 1 fully saturated rings. The van der Waals surface area contributed by atoms with E-state index >= 15 is 0 Å². The molecular weight excluding hydrogens is 385 g/mol. The zero-order valence-corrected chi connectivity index (χ0v) is 16.0. The van der Waals surface area contributed by atoms with Gasteiger partial charge in [0.25, 0.3) is 0 Å². The van der Waals surface area contributed by atoms with Crippen molar-refractivity contribution in [1.29, 1.82) is 0 Å². The third-order valence-corrected chi connectivity index (χ3v) is 5.23. The van der Waals surface area contributed by atoms with E-state index in [1.165, 1.54) is 6.07 Å². The first-order chi connectivity index (χ1) is 13.4. The molecule has 9 heteroatoms. The van der Waals surface area contributed by atoms with Crippen molar-refractivity contribution >= 4 is 34.2 Å². The van der Waals surface area contributed by atoms with E-state index in [1.54, 1.807) is 22.0 Å². The Kier molecular flexibility index (Phi) is 4.80. The summed E-state index contributed by atoms with van der Waals surface area (Å²) in [6.45, 7) is 3.39. The number of fused-ring (bicyclic) bond motifs is 1. The molecule has 2 aromatic heterocycles. The highest BCUT2D eigenvalue weighted by molar-refractivity contribution is 6.32. The van der Waals surface area contributed by atoms with E-state index in [4.69, 9.17) is 11.6 Å². The standard InChI is InChI=1S/C19H19ClFN5O2/c1-12-9-24(16-8-17(27)14(20)7-15(16)21)5-6-26(12)18(28)11-25-10-13-3-2-4-22-19(13)23-25/h2-4,7-8,10,12,27H,5-6,9,11H2,1H3/t12-/m0/s1. The molecule has 0 saturated carbocycles. The number of hydrogen-bond acceptors (Lipinski definition) is 5. The Hall–Kier alpha value is -2.87. The highest BCUT2D eigenvalue weighted by Crippen LogP contribution is 2.32. The molecule has 1 atom stereocenters. The third kappa shape index (κ3) is 3.47. The van der Waals surface area contributed by atoms with Crippen molar-refractivity contribution in [1.82, 2.24) is 19.7 Å². The van der Waals surface area contributed by atoms with Gasteiger partial charge in [0.05, 0.1) is 10.7 Å². The molecule has 1 aliphatic rings. The molecule has 146 valence electrons. The minimum absolute atomic E-state index is 0.0239. The Bertz CT molecular complexity index is 1010. The van der Waals surface area contributed by atoms with Gasteiger partial charge in [-0.25, -0.2) is 9.37 Å². The fraction of sp³-hybridized carbons (Fsp3) is 0.316. The summed E-state index contributed by atoms with van der Waals surface area (Å²) in [5.74, 6) is -0.714. The predicted molar refractivity (Wildman–Crippen MR) is 104 cm³/mol. The number of phenols is 1. The van der Waals surface area contributed by atoms with Crippen molar-refractivity contribution in [3.63, 3.8) is 0 Å². The largest absolute Gasteiger partial charge is 0.506 e. The quantitative estimate of drug-likeness (QED) is 0.727. The van der Waals surface area contributed by atoms with E-state index in [9.17, 15) is 14.3 Å². The van der Waals surface area contributed by atoms with E-state index in [0.29, 0.717) is 25.3 Å². The maximum Gasteiger partial charge on any atom is 0.244 e. The van der Waals surface area contributed by atoms with Crippen molar-refractivity contribution in [3.8, 4) is 5.75 Å². The number of phenolic OH excluding ortho intramolecular Hbond substituents is 1. The van der Waals surface area contributed by atoms with Crippen LogP contribution in [-0.4, -0.2) is 56.4 Å². The SMILES string of the molecule is C[C@H]1CN(c2cc(O)c(Cl)cc2F)CCN1C(=O)Cn1cc2cccnc2n1. The number of anilines is 1. The van der Waals surface area contributed by atoms with Gasteiger partial charge in [-0.2, -0.15) is 5.10 Å². The molecule has 0 unspecified atom stereocenters. The smallest absolute Gasteiger partial charge is 0.244 e. The molecule has 7 nitrogen and oxygen atoms in total. The number of carbonyl (C=O) groups is 1. The lowest BCUT2D eigenvalue weighted by Gasteiger charge is -2.41. The minimum atomic E-state index is -0.495. The number of benzene rings is 1. The predicted octanol–water partition coefficient (Wildman–Crippen LogP) is 2.67. The number of carbonyl (C=O) groups excluding carboxylic acids is 1. The third-order valence-electron chi connectivity index (χ3n) is 4.93. The Morgan fingerprint density at radius 3 is 2.96 bits per heavy atom. The van der Waals surface area contributed by atoms with Crippen LogP contribution in [0.1, 0.15) is 6.92 Å². The zero-order valence-electron chi connectivity index (χ0n) is 15.2. The second-order valence-corrected chi connectivity index (χ2v) is 7.29. The molecule has 0 aliphatic carbocycles. The van der Waals surface area contributed by atoms with Crippen LogP contribution in [0.2, 0.25) is 5.02 Å². The maximum atomic E-state index is 14.3. The number of aromatic hydroxyl groups is 1. The number of hydrogen-bond donors (Lipinski definition) is 1. The summed E-state index contributed by atoms with van der Waals surface area (Å²) < 4.78 is 15.8. The van der Waals surface area contributed by atoms with Crippen molar-refractivity contribution in [2.45, 2.75) is 19.5 Å². The molecule has 0 radical (unpaired) electrons. The topological polar surface area (TPSA) is 74.5 Å². The van der Waals surface area contributed by atoms with Crippen LogP contribution in [0.3, 0.4) is 0 Å². The van der Waals surface area contributed by atoms with E-state index < -0.39 is 5.82 Å². The molecule has 3 heterocycles. The molecule has 1 saturated heterocycles. The number of nitrogens with zero attached hydrogens (tertiary/aromatic N) is 5. The molecule has 3 aromatic rings. The van der Waals surface area contributed by atoms with Gasteiger partial charge in [0, 0.05) is 49.5 Å². The summed E-state index contributed by atoms with van der Waals surface area (Å²) in [4.78, 5) is 20.5. The summed E-state index contributed by atoms with van der Waals surface area (Å²) >= 11 is 5.75. The maximum absolute atomic E-state index is 14.3. The highest BCUT2D eigenvalue weighted by atomic mass is 35.5. The van der Waals surface area contributed by atoms with Gasteiger partial charge in [0.2, 0.25) is 5.91 Å². The van der Waals surface area contributed by atoms with Gasteiger partial charge in [0.15, 0.2) is 5.65 Å². The fourth-order valence-electron chi connectivity index (χ4n) is 3.53. The molecule has 1 N–H and O–H groups in total. The van der Waals surface area contributed by atoms with Crippen LogP contribution in [-0.2, 0) is 11.3 Å². The first kappa shape index (κ1) is 18.5. The van der Waals surface area contributed by atoms with E-state index in [2.05, 4.69) is 10.1 Å². The molecule has 0 bridgehead atoms. The van der Waals surface area contributed by atoms with Gasteiger partial charge in [-0.15, -0.1) is 0 Å². The molecular formula is C19H19ClFN5O2. The summed E-state index contributed by atoms with van der Waals surface area (Å²) in [6.07, 6.45) is 3.46. The van der Waals surface area contributed by atoms with Crippen LogP contribution >= 0.6 is 11.6 Å². The lowest BCUT2D eigenvalue weighted by molar-refractivity contribution is -0.134. The summed E-state index contributed by atoms with van der Waals surface area (Å²) in [5.41, 5.74) is 0.886. The van der Waals surface area contributed by atoms with Crippen LogP contribution in [0, 0.1) is 5.82 Å². The van der Waals surface area contributed by atoms with Gasteiger partial charge < -0.3 is 14.9 Å². The second-order valence-electron chi connectivity index (χ2n) is 6.88. The zero-order chi connectivity index (χ0) is 19.8. The molecule has 28 heavy (non-hydrogen) atoms. The Balaban J connectivity index is 1.45. The van der Waals surface area contributed by atoms with Crippen molar-refractivity contribution in [2.24, 2.45) is 0 Å². The summed E-state index contributed by atoms with van der Waals surface area (Å²) in [6, 6.07) is 6.02. The summed E-state index contributed by atoms with van der Waals surface area (Å²) in [5, 5.41) is 15.0. The minimum Gasteiger partial charge on any atom is -0.506 e. The summed E-state index contributed by atoms with van der Waals surface area (Å²) in [7, 11) is 0. The Labute approximate surface area is 165 Å². The monoisotopic (exact) mass is 403 g/mol. The molecule has 0 spiro atoms. The van der Waals surface area contributed by atoms with Gasteiger partial charge in [-0.05, 0) is 25.1 Å². The average molecular weight is 404 g/mol. The molecule has 1 aromatic carbocycles. The number of amides is 1. The molecule has 1 aliphatic heterocycles. The Morgan fingerprint density at radius 2 is 2.21 bits per heavy atom. The van der Waals surface area contributed by atoms with Crippen molar-refractivity contribution < 1.29 is 14.3 Å². The second kappa shape index (κ2) is 7.27. The number of rotatable bonds is 3. The van der Waals surface area contributed by atoms with Crippen molar-refractivity contribution in [2.75, 3.05) is 24.5 Å². The van der Waals surface area contributed by atoms with Crippen LogP contribution in [0.4, 0.5) is 10.1 Å². The van der Waals surface area contributed by atoms with E-state index in [1.807, 2.05) is 24.0 Å². The normalized spacial score (nSPS) is 17.3. The van der Waals surface area contributed by atoms with Gasteiger partial charge >= 0.3 is 0 Å². The first-order valence-electron chi connectivity index (χ1n) is 8.93. The number of halogens is 2. The number of aromatic nitrogens is 3. The van der Waals surface area contributed by atoms with Gasteiger partial charge in [-0.3, -0.25) is 9.48 Å². The molecule has 1 amide bonds. The van der Waals surface area contributed by atoms with Crippen LogP contribution in [0.25, 0.3) is 11.0 Å². The Morgan fingerprint density at radius 1 is 1.39 bits per heavy atom. The molecule has 4 rings (SSSR count). The van der Waals surface area contributed by atoms with Crippen LogP contribution in [0.15, 0.2) is 36.7 Å². The first-order valence-corrected chi connectivity index (χ1v) is 9.31. The van der Waals surface area contributed by atoms with Gasteiger partial charge in [0.1, 0.15) is 18.1 Å². The fourth-order valence-corrected chi connectivity index (χ4v) is 3.68. The van der Waals surface area contributed by atoms with E-state index in [-0.39, 0.29) is 35.0 Å². The van der Waals surface area contributed by atoms with Crippen LogP contribution < -0.4 is 4.90 Å². The van der Waals surface area contributed by atoms with E-state index in [0.717, 1.165) is 11.5 Å². The number of piperazine rings is 1. The highest BCUT2D eigenvalue weighted by Gasteiger charge is 2.29. The van der Waals surface area contributed by atoms with Crippen LogP contribution in [0.5, 0.6) is 5.75 Å². The van der Waals surface area contributed by atoms with Gasteiger partial charge in [-0.1, -0.05) is 11.6 Å². The lowest BCUT2D eigenvalue weighted by Crippen LogP contribution is -2.55.